The number of anilines is 1. The summed E-state index contributed by atoms with van der Waals surface area (Å²) < 4.78 is 18.4. The summed E-state index contributed by atoms with van der Waals surface area (Å²) in [5.41, 5.74) is 0.569. The van der Waals surface area contributed by atoms with E-state index in [0.717, 1.165) is 58.5 Å². The SMILES string of the molecule is CCOC(=O)N1CC2(CC[C@@H](N3CCN(c4ncc(F)cc4C=O)CC3)C2)C1. The van der Waals surface area contributed by atoms with Gasteiger partial charge in [-0.2, -0.15) is 0 Å². The van der Waals surface area contributed by atoms with Crippen LogP contribution in [0, 0.1) is 11.2 Å². The maximum atomic E-state index is 13.3. The molecule has 1 amide bonds. The molecule has 28 heavy (non-hydrogen) atoms. The van der Waals surface area contributed by atoms with Gasteiger partial charge in [-0.15, -0.1) is 0 Å². The number of carbonyl (C=O) groups excluding carboxylic acids is 2. The first kappa shape index (κ1) is 19.1. The summed E-state index contributed by atoms with van der Waals surface area (Å²) in [6.07, 6.45) is 5.08. The fourth-order valence-electron chi connectivity index (χ4n) is 4.98. The molecule has 0 bridgehead atoms. The van der Waals surface area contributed by atoms with Crippen molar-refractivity contribution in [2.24, 2.45) is 5.41 Å². The molecular weight excluding hydrogens is 363 g/mol. The highest BCUT2D eigenvalue weighted by Crippen LogP contribution is 2.47. The molecule has 3 heterocycles. The minimum atomic E-state index is -0.488. The second-order valence-corrected chi connectivity index (χ2v) is 8.16. The van der Waals surface area contributed by atoms with Gasteiger partial charge >= 0.3 is 6.09 Å². The first-order valence-electron chi connectivity index (χ1n) is 10.0. The number of hydrogen-bond acceptors (Lipinski definition) is 6. The smallest absolute Gasteiger partial charge is 0.409 e. The van der Waals surface area contributed by atoms with E-state index in [-0.39, 0.29) is 11.5 Å². The number of aromatic nitrogens is 1. The van der Waals surface area contributed by atoms with Gasteiger partial charge in [0.15, 0.2) is 6.29 Å². The zero-order chi connectivity index (χ0) is 19.7. The molecule has 7 nitrogen and oxygen atoms in total. The summed E-state index contributed by atoms with van der Waals surface area (Å²) in [6.45, 7) is 7.23. The Morgan fingerprint density at radius 1 is 1.36 bits per heavy atom. The molecule has 1 aromatic rings. The van der Waals surface area contributed by atoms with E-state index in [9.17, 15) is 14.0 Å². The lowest BCUT2D eigenvalue weighted by molar-refractivity contribution is -0.00294. The molecule has 0 N–H and O–H groups in total. The van der Waals surface area contributed by atoms with Crippen LogP contribution in [0.1, 0.15) is 36.5 Å². The minimum Gasteiger partial charge on any atom is -0.450 e. The average Bonchev–Trinajstić information content (AvgIpc) is 3.13. The van der Waals surface area contributed by atoms with Crippen molar-refractivity contribution in [2.75, 3.05) is 50.8 Å². The Hall–Kier alpha value is -2.22. The van der Waals surface area contributed by atoms with E-state index in [2.05, 4.69) is 14.8 Å². The van der Waals surface area contributed by atoms with Crippen molar-refractivity contribution in [1.82, 2.24) is 14.8 Å². The average molecular weight is 390 g/mol. The predicted octanol–water partition coefficient (Wildman–Crippen LogP) is 2.17. The number of amides is 1. The Kier molecular flexibility index (Phi) is 5.23. The van der Waals surface area contributed by atoms with Crippen LogP contribution in [-0.4, -0.2) is 79.1 Å². The summed E-state index contributed by atoms with van der Waals surface area (Å²) in [7, 11) is 0. The standard InChI is InChI=1S/C20H27FN4O3/c1-2-28-19(27)25-13-20(14-25)4-3-17(10-20)23-5-7-24(8-6-23)18-15(12-26)9-16(21)11-22-18/h9,11-12,17H,2-8,10,13-14H2,1H3/t17-/m1/s1. The fraction of sp³-hybridized carbons (Fsp3) is 0.650. The monoisotopic (exact) mass is 390 g/mol. The van der Waals surface area contributed by atoms with Crippen molar-refractivity contribution in [3.63, 3.8) is 0 Å². The topological polar surface area (TPSA) is 66.0 Å². The lowest BCUT2D eigenvalue weighted by Crippen LogP contribution is -2.58. The largest absolute Gasteiger partial charge is 0.450 e. The van der Waals surface area contributed by atoms with Crippen molar-refractivity contribution in [3.05, 3.63) is 23.6 Å². The molecule has 1 aromatic heterocycles. The van der Waals surface area contributed by atoms with Crippen molar-refractivity contribution >= 4 is 18.2 Å². The Morgan fingerprint density at radius 2 is 2.11 bits per heavy atom. The Labute approximate surface area is 164 Å². The third-order valence-corrected chi connectivity index (χ3v) is 6.37. The number of piperazine rings is 1. The van der Waals surface area contributed by atoms with Gasteiger partial charge in [-0.25, -0.2) is 14.2 Å². The van der Waals surface area contributed by atoms with Crippen molar-refractivity contribution in [1.29, 1.82) is 0 Å². The van der Waals surface area contributed by atoms with E-state index in [1.165, 1.54) is 12.3 Å². The van der Waals surface area contributed by atoms with Gasteiger partial charge in [-0.05, 0) is 32.3 Å². The fourth-order valence-corrected chi connectivity index (χ4v) is 4.98. The molecule has 4 rings (SSSR count). The van der Waals surface area contributed by atoms with Crippen LogP contribution in [0.2, 0.25) is 0 Å². The number of pyridine rings is 1. The summed E-state index contributed by atoms with van der Waals surface area (Å²) in [5.74, 6) is 0.0844. The molecular formula is C20H27FN4O3. The molecule has 3 fully saturated rings. The number of halogens is 1. The number of likely N-dealkylation sites (tertiary alicyclic amines) is 1. The maximum absolute atomic E-state index is 13.3. The van der Waals surface area contributed by atoms with Crippen LogP contribution < -0.4 is 4.90 Å². The highest BCUT2D eigenvalue weighted by molar-refractivity contribution is 5.82. The molecule has 0 radical (unpaired) electrons. The second-order valence-electron chi connectivity index (χ2n) is 8.16. The summed E-state index contributed by atoms with van der Waals surface area (Å²) in [6, 6.07) is 1.78. The normalized spacial score (nSPS) is 24.3. The highest BCUT2D eigenvalue weighted by Gasteiger charge is 2.51. The van der Waals surface area contributed by atoms with Gasteiger partial charge in [-0.1, -0.05) is 0 Å². The Morgan fingerprint density at radius 3 is 2.79 bits per heavy atom. The van der Waals surface area contributed by atoms with Gasteiger partial charge in [0.2, 0.25) is 0 Å². The highest BCUT2D eigenvalue weighted by atomic mass is 19.1. The van der Waals surface area contributed by atoms with Crippen molar-refractivity contribution in [3.8, 4) is 0 Å². The van der Waals surface area contributed by atoms with Crippen LogP contribution in [0.5, 0.6) is 0 Å². The summed E-state index contributed by atoms with van der Waals surface area (Å²) in [5, 5.41) is 0. The molecule has 1 aliphatic carbocycles. The number of aldehydes is 1. The summed E-state index contributed by atoms with van der Waals surface area (Å²) in [4.78, 5) is 33.6. The first-order valence-corrected chi connectivity index (χ1v) is 10.0. The minimum absolute atomic E-state index is 0.192. The number of nitrogens with zero attached hydrogens (tertiary/aromatic N) is 4. The van der Waals surface area contributed by atoms with Crippen LogP contribution in [0.25, 0.3) is 0 Å². The first-order chi connectivity index (χ1) is 13.5. The lowest BCUT2D eigenvalue weighted by atomic mass is 9.78. The van der Waals surface area contributed by atoms with Crippen LogP contribution >= 0.6 is 0 Å². The van der Waals surface area contributed by atoms with Gasteiger partial charge in [0.25, 0.3) is 0 Å². The number of carbonyl (C=O) groups is 2. The molecule has 8 heteroatoms. The molecule has 1 atom stereocenters. The van der Waals surface area contributed by atoms with Gasteiger partial charge in [0.1, 0.15) is 11.6 Å². The zero-order valence-corrected chi connectivity index (χ0v) is 16.3. The van der Waals surface area contributed by atoms with E-state index in [1.807, 2.05) is 11.8 Å². The van der Waals surface area contributed by atoms with Crippen LogP contribution in [0.15, 0.2) is 12.3 Å². The van der Waals surface area contributed by atoms with Gasteiger partial charge in [0.05, 0.1) is 18.4 Å². The molecule has 0 unspecified atom stereocenters. The van der Waals surface area contributed by atoms with E-state index in [4.69, 9.17) is 4.74 Å². The van der Waals surface area contributed by atoms with Crippen molar-refractivity contribution < 1.29 is 18.7 Å². The lowest BCUT2D eigenvalue weighted by Gasteiger charge is -2.48. The van der Waals surface area contributed by atoms with Gasteiger partial charge in [-0.3, -0.25) is 9.69 Å². The maximum Gasteiger partial charge on any atom is 0.409 e. The predicted molar refractivity (Wildman–Crippen MR) is 102 cm³/mol. The van der Waals surface area contributed by atoms with Crippen LogP contribution in [-0.2, 0) is 4.74 Å². The second kappa shape index (κ2) is 7.66. The van der Waals surface area contributed by atoms with Crippen molar-refractivity contribution in [2.45, 2.75) is 32.2 Å². The van der Waals surface area contributed by atoms with Crippen LogP contribution in [0.3, 0.4) is 0 Å². The van der Waals surface area contributed by atoms with Crippen LogP contribution in [0.4, 0.5) is 15.0 Å². The molecule has 2 aliphatic heterocycles. The number of rotatable bonds is 4. The van der Waals surface area contributed by atoms with Gasteiger partial charge < -0.3 is 14.5 Å². The molecule has 2 saturated heterocycles. The quantitative estimate of drug-likeness (QED) is 0.734. The van der Waals surface area contributed by atoms with E-state index in [1.54, 1.807) is 0 Å². The molecule has 1 saturated carbocycles. The zero-order valence-electron chi connectivity index (χ0n) is 16.3. The summed E-state index contributed by atoms with van der Waals surface area (Å²) >= 11 is 0. The molecule has 3 aliphatic rings. The number of ether oxygens (including phenoxy) is 1. The molecule has 152 valence electrons. The van der Waals surface area contributed by atoms with E-state index >= 15 is 0 Å². The molecule has 0 aromatic carbocycles. The van der Waals surface area contributed by atoms with Gasteiger partial charge in [0, 0.05) is 50.7 Å². The third kappa shape index (κ3) is 3.57. The Balaban J connectivity index is 1.30. The third-order valence-electron chi connectivity index (χ3n) is 6.37. The number of hydrogen-bond donors (Lipinski definition) is 0. The van der Waals surface area contributed by atoms with E-state index in [0.29, 0.717) is 30.3 Å². The Bertz CT molecular complexity index is 745. The molecule has 1 spiro atoms. The van der Waals surface area contributed by atoms with E-state index < -0.39 is 5.82 Å².